The van der Waals surface area contributed by atoms with Crippen LogP contribution in [0.5, 0.6) is 0 Å². The van der Waals surface area contributed by atoms with E-state index >= 15 is 0 Å². The minimum absolute atomic E-state index is 0.0357. The van der Waals surface area contributed by atoms with Gasteiger partial charge < -0.3 is 10.0 Å². The average molecular weight is 299 g/mol. The minimum atomic E-state index is -0.889. The van der Waals surface area contributed by atoms with Crippen molar-refractivity contribution in [3.63, 3.8) is 0 Å². The molecule has 0 saturated carbocycles. The second kappa shape index (κ2) is 7.07. The van der Waals surface area contributed by atoms with Gasteiger partial charge in [-0.3, -0.25) is 9.59 Å². The molecule has 116 valence electrons. The molecule has 0 spiro atoms. The molecule has 0 radical (unpaired) electrons. The van der Waals surface area contributed by atoms with Crippen LogP contribution in [-0.4, -0.2) is 35.0 Å². The number of hydrogen-bond donors (Lipinski definition) is 1. The zero-order valence-electron chi connectivity index (χ0n) is 13.0. The van der Waals surface area contributed by atoms with Crippen LogP contribution in [0.2, 0.25) is 0 Å². The molecule has 4 heteroatoms. The Kier molecular flexibility index (Phi) is 5.15. The van der Waals surface area contributed by atoms with Crippen molar-refractivity contribution in [3.8, 4) is 0 Å². The zero-order chi connectivity index (χ0) is 16.1. The molecular weight excluding hydrogens is 278 g/mol. The van der Waals surface area contributed by atoms with Crippen LogP contribution in [0.25, 0.3) is 10.8 Å². The summed E-state index contributed by atoms with van der Waals surface area (Å²) >= 11 is 0. The third kappa shape index (κ3) is 4.07. The molecule has 0 saturated heterocycles. The maximum atomic E-state index is 12.7. The van der Waals surface area contributed by atoms with E-state index in [0.717, 1.165) is 10.8 Å². The second-order valence-corrected chi connectivity index (χ2v) is 5.85. The highest BCUT2D eigenvalue weighted by Gasteiger charge is 2.18. The summed E-state index contributed by atoms with van der Waals surface area (Å²) in [6.07, 6.45) is -0.0357. The summed E-state index contributed by atoms with van der Waals surface area (Å²) in [6.45, 7) is 4.82. The number of amides is 1. The Morgan fingerprint density at radius 1 is 1.09 bits per heavy atom. The van der Waals surface area contributed by atoms with Crippen LogP contribution in [0.1, 0.15) is 30.6 Å². The number of benzene rings is 2. The summed E-state index contributed by atoms with van der Waals surface area (Å²) in [5.74, 6) is -0.709. The van der Waals surface area contributed by atoms with Gasteiger partial charge in [0.05, 0.1) is 6.42 Å². The molecule has 0 bridgehead atoms. The highest BCUT2D eigenvalue weighted by Crippen LogP contribution is 2.17. The number of aliphatic carboxylic acids is 1. The Hall–Kier alpha value is -2.36. The summed E-state index contributed by atoms with van der Waals surface area (Å²) in [6, 6.07) is 13.5. The summed E-state index contributed by atoms with van der Waals surface area (Å²) < 4.78 is 0. The topological polar surface area (TPSA) is 57.6 Å². The van der Waals surface area contributed by atoms with Crippen LogP contribution in [0, 0.1) is 5.92 Å². The van der Waals surface area contributed by atoms with Crippen molar-refractivity contribution >= 4 is 22.6 Å². The van der Waals surface area contributed by atoms with E-state index in [1.807, 2.05) is 50.2 Å². The molecule has 0 atom stereocenters. The van der Waals surface area contributed by atoms with Crippen molar-refractivity contribution in [3.05, 3.63) is 48.0 Å². The zero-order valence-corrected chi connectivity index (χ0v) is 13.0. The van der Waals surface area contributed by atoms with E-state index in [-0.39, 0.29) is 18.9 Å². The van der Waals surface area contributed by atoms with E-state index in [2.05, 4.69) is 0 Å². The maximum absolute atomic E-state index is 12.7. The number of rotatable bonds is 6. The standard InChI is InChI=1S/C18H21NO3/c1-13(2)12-19(10-9-17(20)21)18(22)16-8-7-14-5-3-4-6-15(14)11-16/h3-8,11,13H,9-10,12H2,1-2H3,(H,20,21). The van der Waals surface area contributed by atoms with Gasteiger partial charge in [-0.2, -0.15) is 0 Å². The summed E-state index contributed by atoms with van der Waals surface area (Å²) in [5.41, 5.74) is 0.602. The first-order valence-electron chi connectivity index (χ1n) is 7.47. The molecule has 0 fully saturated rings. The molecule has 2 aromatic carbocycles. The van der Waals surface area contributed by atoms with Crippen LogP contribution in [0.3, 0.4) is 0 Å². The van der Waals surface area contributed by atoms with E-state index < -0.39 is 5.97 Å². The predicted octanol–water partition coefficient (Wildman–Crippen LogP) is 3.41. The van der Waals surface area contributed by atoms with E-state index in [9.17, 15) is 9.59 Å². The van der Waals surface area contributed by atoms with Gasteiger partial charge in [-0.1, -0.05) is 44.2 Å². The van der Waals surface area contributed by atoms with Crippen LogP contribution in [-0.2, 0) is 4.79 Å². The van der Waals surface area contributed by atoms with Gasteiger partial charge >= 0.3 is 5.97 Å². The number of nitrogens with zero attached hydrogens (tertiary/aromatic N) is 1. The van der Waals surface area contributed by atoms with Gasteiger partial charge in [0.2, 0.25) is 0 Å². The van der Waals surface area contributed by atoms with Crippen LogP contribution in [0.15, 0.2) is 42.5 Å². The number of carbonyl (C=O) groups excluding carboxylic acids is 1. The van der Waals surface area contributed by atoms with Gasteiger partial charge in [0, 0.05) is 18.7 Å². The monoisotopic (exact) mass is 299 g/mol. The minimum Gasteiger partial charge on any atom is -0.481 e. The Morgan fingerprint density at radius 2 is 1.77 bits per heavy atom. The number of carbonyl (C=O) groups is 2. The summed E-state index contributed by atoms with van der Waals surface area (Å²) in [4.78, 5) is 25.1. The Bertz CT molecular complexity index is 679. The Morgan fingerprint density at radius 3 is 2.41 bits per heavy atom. The lowest BCUT2D eigenvalue weighted by Gasteiger charge is -2.24. The van der Waals surface area contributed by atoms with Crippen LogP contribution < -0.4 is 0 Å². The lowest BCUT2D eigenvalue weighted by Crippen LogP contribution is -2.35. The largest absolute Gasteiger partial charge is 0.481 e. The van der Waals surface area contributed by atoms with Gasteiger partial charge in [-0.25, -0.2) is 0 Å². The molecule has 2 rings (SSSR count). The van der Waals surface area contributed by atoms with E-state index in [1.54, 1.807) is 11.0 Å². The van der Waals surface area contributed by atoms with E-state index in [4.69, 9.17) is 5.11 Å². The first-order valence-corrected chi connectivity index (χ1v) is 7.47. The number of fused-ring (bicyclic) bond motifs is 1. The first kappa shape index (κ1) is 16.0. The fourth-order valence-corrected chi connectivity index (χ4v) is 2.45. The fourth-order valence-electron chi connectivity index (χ4n) is 2.45. The predicted molar refractivity (Wildman–Crippen MR) is 86.9 cm³/mol. The number of hydrogen-bond acceptors (Lipinski definition) is 2. The molecule has 22 heavy (non-hydrogen) atoms. The molecule has 0 heterocycles. The Balaban J connectivity index is 2.24. The van der Waals surface area contributed by atoms with E-state index in [1.165, 1.54) is 0 Å². The van der Waals surface area contributed by atoms with Crippen molar-refractivity contribution in [1.82, 2.24) is 4.90 Å². The second-order valence-electron chi connectivity index (χ2n) is 5.85. The van der Waals surface area contributed by atoms with Gasteiger partial charge in [-0.05, 0) is 28.8 Å². The molecule has 0 aliphatic rings. The van der Waals surface area contributed by atoms with Crippen LogP contribution in [0.4, 0.5) is 0 Å². The molecular formula is C18H21NO3. The first-order chi connectivity index (χ1) is 10.5. The van der Waals surface area contributed by atoms with Crippen molar-refractivity contribution in [2.45, 2.75) is 20.3 Å². The molecule has 0 aliphatic heterocycles. The van der Waals surface area contributed by atoms with E-state index in [0.29, 0.717) is 18.0 Å². The molecule has 4 nitrogen and oxygen atoms in total. The quantitative estimate of drug-likeness (QED) is 0.889. The lowest BCUT2D eigenvalue weighted by molar-refractivity contribution is -0.137. The molecule has 2 aromatic rings. The smallest absolute Gasteiger partial charge is 0.305 e. The Labute approximate surface area is 130 Å². The number of carboxylic acids is 1. The lowest BCUT2D eigenvalue weighted by atomic mass is 10.1. The fraction of sp³-hybridized carbons (Fsp3) is 0.333. The maximum Gasteiger partial charge on any atom is 0.305 e. The summed E-state index contributed by atoms with van der Waals surface area (Å²) in [7, 11) is 0. The number of carboxylic acid groups (broad SMARTS) is 1. The van der Waals surface area contributed by atoms with Crippen LogP contribution >= 0.6 is 0 Å². The highest BCUT2D eigenvalue weighted by molar-refractivity contribution is 5.98. The summed E-state index contributed by atoms with van der Waals surface area (Å²) in [5, 5.41) is 10.9. The molecule has 0 aromatic heterocycles. The van der Waals surface area contributed by atoms with Crippen molar-refractivity contribution in [2.75, 3.05) is 13.1 Å². The molecule has 1 N–H and O–H groups in total. The highest BCUT2D eigenvalue weighted by atomic mass is 16.4. The SMILES string of the molecule is CC(C)CN(CCC(=O)O)C(=O)c1ccc2ccccc2c1. The van der Waals surface area contributed by atoms with Gasteiger partial charge in [-0.15, -0.1) is 0 Å². The van der Waals surface area contributed by atoms with Crippen molar-refractivity contribution in [2.24, 2.45) is 5.92 Å². The third-order valence-corrected chi connectivity index (χ3v) is 3.46. The normalized spacial score (nSPS) is 10.9. The molecule has 0 aliphatic carbocycles. The van der Waals surface area contributed by atoms with Gasteiger partial charge in [0.25, 0.3) is 5.91 Å². The molecule has 1 amide bonds. The third-order valence-electron chi connectivity index (χ3n) is 3.46. The average Bonchev–Trinajstić information content (AvgIpc) is 2.49. The van der Waals surface area contributed by atoms with Gasteiger partial charge in [0.15, 0.2) is 0 Å². The van der Waals surface area contributed by atoms with Crippen molar-refractivity contribution < 1.29 is 14.7 Å². The van der Waals surface area contributed by atoms with Crippen molar-refractivity contribution in [1.29, 1.82) is 0 Å². The van der Waals surface area contributed by atoms with Gasteiger partial charge in [0.1, 0.15) is 0 Å². The molecule has 0 unspecified atom stereocenters.